The molecule has 3 N–H and O–H groups in total. The van der Waals surface area contributed by atoms with Crippen LogP contribution in [0.2, 0.25) is 0 Å². The largest absolute Gasteiger partial charge is 0.361 e. The number of H-pyrrole nitrogens is 1. The van der Waals surface area contributed by atoms with E-state index in [2.05, 4.69) is 45.1 Å². The highest BCUT2D eigenvalue weighted by Gasteiger charge is 2.25. The molecule has 23 heavy (non-hydrogen) atoms. The van der Waals surface area contributed by atoms with Crippen molar-refractivity contribution >= 4 is 23.2 Å². The van der Waals surface area contributed by atoms with Crippen molar-refractivity contribution in [3.05, 3.63) is 36.0 Å². The van der Waals surface area contributed by atoms with Crippen molar-refractivity contribution in [3.8, 4) is 0 Å². The van der Waals surface area contributed by atoms with E-state index < -0.39 is 0 Å². The topological polar surface area (TPSA) is 77.2 Å². The standard InChI is InChI=1S/C17H22N4O2/c22-12-19-20-17(23)6-3-8-21-9-7-13(11-21)15-10-18-16-5-2-1-4-14(15)16/h1-2,4-5,10,12-13,18H,3,6-9,11H2,(H,19,22)(H,20,23). The van der Waals surface area contributed by atoms with Crippen LogP contribution in [0.1, 0.15) is 30.7 Å². The van der Waals surface area contributed by atoms with Crippen LogP contribution < -0.4 is 10.9 Å². The number of para-hydroxylation sites is 1. The summed E-state index contributed by atoms with van der Waals surface area (Å²) >= 11 is 0. The van der Waals surface area contributed by atoms with Crippen LogP contribution in [0.4, 0.5) is 0 Å². The van der Waals surface area contributed by atoms with E-state index in [1.165, 1.54) is 16.5 Å². The number of aromatic amines is 1. The second-order valence-electron chi connectivity index (χ2n) is 5.99. The summed E-state index contributed by atoms with van der Waals surface area (Å²) in [5.41, 5.74) is 7.10. The van der Waals surface area contributed by atoms with Gasteiger partial charge in [-0.15, -0.1) is 0 Å². The molecule has 122 valence electrons. The minimum absolute atomic E-state index is 0.149. The molecule has 3 rings (SSSR count). The molecule has 0 saturated carbocycles. The molecule has 6 heteroatoms. The van der Waals surface area contributed by atoms with Gasteiger partial charge >= 0.3 is 0 Å². The van der Waals surface area contributed by atoms with E-state index in [9.17, 15) is 9.59 Å². The number of likely N-dealkylation sites (tertiary alicyclic amines) is 1. The van der Waals surface area contributed by atoms with Crippen molar-refractivity contribution in [2.24, 2.45) is 0 Å². The van der Waals surface area contributed by atoms with E-state index in [0.29, 0.717) is 18.7 Å². The van der Waals surface area contributed by atoms with E-state index in [-0.39, 0.29) is 5.91 Å². The maximum Gasteiger partial charge on any atom is 0.238 e. The summed E-state index contributed by atoms with van der Waals surface area (Å²) in [6, 6.07) is 8.41. The van der Waals surface area contributed by atoms with Crippen LogP contribution in [0.3, 0.4) is 0 Å². The highest BCUT2D eigenvalue weighted by atomic mass is 16.2. The number of hydrogen-bond acceptors (Lipinski definition) is 3. The van der Waals surface area contributed by atoms with Gasteiger partial charge in [0.05, 0.1) is 0 Å². The number of rotatable bonds is 7. The minimum atomic E-state index is -0.149. The van der Waals surface area contributed by atoms with Gasteiger partial charge in [0, 0.05) is 30.1 Å². The van der Waals surface area contributed by atoms with Gasteiger partial charge in [0.2, 0.25) is 12.3 Å². The Morgan fingerprint density at radius 3 is 3.13 bits per heavy atom. The van der Waals surface area contributed by atoms with Crippen LogP contribution >= 0.6 is 0 Å². The number of amides is 2. The lowest BCUT2D eigenvalue weighted by atomic mass is 9.98. The van der Waals surface area contributed by atoms with Gasteiger partial charge in [0.15, 0.2) is 0 Å². The average Bonchev–Trinajstić information content (AvgIpc) is 3.19. The number of benzene rings is 1. The van der Waals surface area contributed by atoms with Gasteiger partial charge in [-0.2, -0.15) is 0 Å². The fraction of sp³-hybridized carbons (Fsp3) is 0.412. The van der Waals surface area contributed by atoms with Crippen LogP contribution in [0.5, 0.6) is 0 Å². The van der Waals surface area contributed by atoms with Crippen LogP contribution in [0.15, 0.2) is 30.5 Å². The summed E-state index contributed by atoms with van der Waals surface area (Å²) in [6.45, 7) is 3.02. The number of carbonyl (C=O) groups excluding carboxylic acids is 2. The lowest BCUT2D eigenvalue weighted by Crippen LogP contribution is -2.36. The number of hydrazine groups is 1. The summed E-state index contributed by atoms with van der Waals surface area (Å²) in [5, 5.41) is 1.32. The molecular weight excluding hydrogens is 292 g/mol. The quantitative estimate of drug-likeness (QED) is 0.535. The number of nitrogens with zero attached hydrogens (tertiary/aromatic N) is 1. The van der Waals surface area contributed by atoms with Gasteiger partial charge in [0.1, 0.15) is 0 Å². The second-order valence-corrected chi connectivity index (χ2v) is 5.99. The van der Waals surface area contributed by atoms with Gasteiger partial charge in [-0.25, -0.2) is 0 Å². The second kappa shape index (κ2) is 7.28. The molecule has 1 aromatic heterocycles. The Morgan fingerprint density at radius 1 is 1.39 bits per heavy atom. The molecule has 1 aliphatic heterocycles. The molecule has 0 radical (unpaired) electrons. The molecule has 0 spiro atoms. The lowest BCUT2D eigenvalue weighted by Gasteiger charge is -2.15. The Hall–Kier alpha value is -2.34. The fourth-order valence-corrected chi connectivity index (χ4v) is 3.36. The zero-order valence-corrected chi connectivity index (χ0v) is 13.0. The number of aromatic nitrogens is 1. The molecule has 1 aromatic carbocycles. The maximum atomic E-state index is 11.4. The Balaban J connectivity index is 1.49. The number of carbonyl (C=O) groups is 2. The van der Waals surface area contributed by atoms with Crippen LogP contribution in [-0.2, 0) is 9.59 Å². The molecule has 6 nitrogen and oxygen atoms in total. The summed E-state index contributed by atoms with van der Waals surface area (Å²) in [4.78, 5) is 27.3. The summed E-state index contributed by atoms with van der Waals surface area (Å²) < 4.78 is 0. The first-order valence-corrected chi connectivity index (χ1v) is 8.04. The first-order chi connectivity index (χ1) is 11.3. The third-order valence-corrected chi connectivity index (χ3v) is 4.48. The number of hydrogen-bond donors (Lipinski definition) is 3. The smallest absolute Gasteiger partial charge is 0.238 e. The monoisotopic (exact) mass is 314 g/mol. The maximum absolute atomic E-state index is 11.4. The highest BCUT2D eigenvalue weighted by molar-refractivity contribution is 5.83. The third-order valence-electron chi connectivity index (χ3n) is 4.48. The molecule has 1 unspecified atom stereocenters. The minimum Gasteiger partial charge on any atom is -0.361 e. The molecule has 2 aromatic rings. The highest BCUT2D eigenvalue weighted by Crippen LogP contribution is 2.32. The van der Waals surface area contributed by atoms with E-state index in [0.717, 1.165) is 32.5 Å². The average molecular weight is 314 g/mol. The Labute approximate surface area is 135 Å². The SMILES string of the molecule is O=CNNC(=O)CCCN1CCC(c2c[nH]c3ccccc23)C1. The van der Waals surface area contributed by atoms with E-state index in [4.69, 9.17) is 0 Å². The molecule has 2 heterocycles. The van der Waals surface area contributed by atoms with Gasteiger partial charge in [-0.3, -0.25) is 20.4 Å². The molecule has 1 fully saturated rings. The van der Waals surface area contributed by atoms with Gasteiger partial charge in [-0.05, 0) is 43.5 Å². The first kappa shape index (κ1) is 15.6. The fourth-order valence-electron chi connectivity index (χ4n) is 3.36. The van der Waals surface area contributed by atoms with Crippen molar-refractivity contribution in [3.63, 3.8) is 0 Å². The van der Waals surface area contributed by atoms with Crippen LogP contribution in [-0.4, -0.2) is 41.8 Å². The van der Waals surface area contributed by atoms with Crippen molar-refractivity contribution in [2.75, 3.05) is 19.6 Å². The zero-order valence-electron chi connectivity index (χ0n) is 13.0. The number of fused-ring (bicyclic) bond motifs is 1. The Kier molecular flexibility index (Phi) is 4.92. The van der Waals surface area contributed by atoms with Crippen molar-refractivity contribution in [1.82, 2.24) is 20.7 Å². The van der Waals surface area contributed by atoms with Crippen molar-refractivity contribution in [2.45, 2.75) is 25.2 Å². The van der Waals surface area contributed by atoms with E-state index in [1.54, 1.807) is 0 Å². The Morgan fingerprint density at radius 2 is 2.26 bits per heavy atom. The normalized spacial score (nSPS) is 18.2. The third kappa shape index (κ3) is 3.71. The molecule has 1 saturated heterocycles. The van der Waals surface area contributed by atoms with Gasteiger partial charge in [0.25, 0.3) is 0 Å². The molecule has 1 aliphatic rings. The van der Waals surface area contributed by atoms with E-state index in [1.807, 2.05) is 6.07 Å². The van der Waals surface area contributed by atoms with Gasteiger partial charge in [-0.1, -0.05) is 18.2 Å². The predicted octanol–water partition coefficient (Wildman–Crippen LogP) is 1.51. The van der Waals surface area contributed by atoms with Crippen molar-refractivity contribution in [1.29, 1.82) is 0 Å². The molecule has 1 atom stereocenters. The summed E-state index contributed by atoms with van der Waals surface area (Å²) in [7, 11) is 0. The van der Waals surface area contributed by atoms with E-state index >= 15 is 0 Å². The number of nitrogens with one attached hydrogen (secondary N) is 3. The van der Waals surface area contributed by atoms with Crippen LogP contribution in [0, 0.1) is 0 Å². The first-order valence-electron chi connectivity index (χ1n) is 8.04. The van der Waals surface area contributed by atoms with Gasteiger partial charge < -0.3 is 9.88 Å². The lowest BCUT2D eigenvalue weighted by molar-refractivity contribution is -0.124. The van der Waals surface area contributed by atoms with Crippen LogP contribution in [0.25, 0.3) is 10.9 Å². The van der Waals surface area contributed by atoms with Crippen molar-refractivity contribution < 1.29 is 9.59 Å². The molecular formula is C17H22N4O2. The zero-order chi connectivity index (χ0) is 16.1. The Bertz CT molecular complexity index is 682. The molecule has 0 aliphatic carbocycles. The molecule has 2 amide bonds. The summed E-state index contributed by atoms with van der Waals surface area (Å²) in [6.07, 6.45) is 4.98. The predicted molar refractivity (Wildman–Crippen MR) is 88.7 cm³/mol. The molecule has 0 bridgehead atoms. The summed E-state index contributed by atoms with van der Waals surface area (Å²) in [5.74, 6) is 0.404.